The van der Waals surface area contributed by atoms with Crippen molar-refractivity contribution in [3.8, 4) is 0 Å². The Morgan fingerprint density at radius 1 is 1.29 bits per heavy atom. The van der Waals surface area contributed by atoms with Crippen LogP contribution in [0.2, 0.25) is 0 Å². The SMILES string of the molecule is CCC(C(=O)O)N(C)C(=O)C1(C)CCCCC1. The van der Waals surface area contributed by atoms with E-state index in [4.69, 9.17) is 5.11 Å². The number of carbonyl (C=O) groups is 2. The molecule has 1 aliphatic carbocycles. The minimum atomic E-state index is -0.914. The predicted molar refractivity (Wildman–Crippen MR) is 65.7 cm³/mol. The molecule has 1 unspecified atom stereocenters. The lowest BCUT2D eigenvalue weighted by atomic mass is 9.74. The van der Waals surface area contributed by atoms with Crippen molar-refractivity contribution in [2.24, 2.45) is 5.41 Å². The number of nitrogens with zero attached hydrogens (tertiary/aromatic N) is 1. The van der Waals surface area contributed by atoms with Gasteiger partial charge in [0.1, 0.15) is 6.04 Å². The van der Waals surface area contributed by atoms with Gasteiger partial charge in [-0.1, -0.05) is 33.1 Å². The molecule has 0 radical (unpaired) electrons. The molecule has 17 heavy (non-hydrogen) atoms. The lowest BCUT2D eigenvalue weighted by molar-refractivity contribution is -0.154. The molecule has 1 amide bonds. The fraction of sp³-hybridized carbons (Fsp3) is 0.846. The largest absolute Gasteiger partial charge is 0.480 e. The molecule has 0 heterocycles. The Hall–Kier alpha value is -1.06. The maximum atomic E-state index is 12.4. The summed E-state index contributed by atoms with van der Waals surface area (Å²) < 4.78 is 0. The van der Waals surface area contributed by atoms with Gasteiger partial charge in [0.15, 0.2) is 0 Å². The number of carboxylic acid groups (broad SMARTS) is 1. The second-order valence-electron chi connectivity index (χ2n) is 5.30. The molecular formula is C13H23NO3. The Kier molecular flexibility index (Phi) is 4.54. The van der Waals surface area contributed by atoms with E-state index in [9.17, 15) is 9.59 Å². The second-order valence-corrected chi connectivity index (χ2v) is 5.30. The van der Waals surface area contributed by atoms with E-state index in [-0.39, 0.29) is 11.3 Å². The Labute approximate surface area is 103 Å². The van der Waals surface area contributed by atoms with Crippen molar-refractivity contribution in [3.05, 3.63) is 0 Å². The molecule has 1 aliphatic rings. The first-order chi connectivity index (χ1) is 7.92. The highest BCUT2D eigenvalue weighted by molar-refractivity contribution is 5.87. The van der Waals surface area contributed by atoms with Crippen molar-refractivity contribution >= 4 is 11.9 Å². The van der Waals surface area contributed by atoms with Gasteiger partial charge in [0.25, 0.3) is 0 Å². The van der Waals surface area contributed by atoms with Gasteiger partial charge in [-0.15, -0.1) is 0 Å². The van der Waals surface area contributed by atoms with Crippen LogP contribution in [0.15, 0.2) is 0 Å². The number of hydrogen-bond acceptors (Lipinski definition) is 2. The average Bonchev–Trinajstić information content (AvgIpc) is 2.29. The van der Waals surface area contributed by atoms with E-state index in [1.54, 1.807) is 14.0 Å². The summed E-state index contributed by atoms with van der Waals surface area (Å²) in [5.41, 5.74) is -0.351. The average molecular weight is 241 g/mol. The van der Waals surface area contributed by atoms with E-state index in [0.29, 0.717) is 6.42 Å². The van der Waals surface area contributed by atoms with Gasteiger partial charge in [-0.3, -0.25) is 4.79 Å². The maximum Gasteiger partial charge on any atom is 0.326 e. The van der Waals surface area contributed by atoms with Gasteiger partial charge < -0.3 is 10.0 Å². The van der Waals surface area contributed by atoms with Crippen molar-refractivity contribution in [1.82, 2.24) is 4.90 Å². The van der Waals surface area contributed by atoms with Crippen molar-refractivity contribution in [1.29, 1.82) is 0 Å². The Balaban J connectivity index is 2.77. The highest BCUT2D eigenvalue weighted by Crippen LogP contribution is 2.37. The summed E-state index contributed by atoms with van der Waals surface area (Å²) in [5.74, 6) is -0.922. The number of carboxylic acids is 1. The van der Waals surface area contributed by atoms with Crippen molar-refractivity contribution in [2.75, 3.05) is 7.05 Å². The molecule has 0 aliphatic heterocycles. The van der Waals surface area contributed by atoms with E-state index in [1.165, 1.54) is 11.3 Å². The summed E-state index contributed by atoms with van der Waals surface area (Å²) in [5, 5.41) is 9.08. The Morgan fingerprint density at radius 2 is 1.82 bits per heavy atom. The fourth-order valence-electron chi connectivity index (χ4n) is 2.73. The molecule has 0 aromatic heterocycles. The topological polar surface area (TPSA) is 57.6 Å². The van der Waals surface area contributed by atoms with Gasteiger partial charge in [0.2, 0.25) is 5.91 Å². The van der Waals surface area contributed by atoms with Gasteiger partial charge in [-0.25, -0.2) is 4.79 Å². The quantitative estimate of drug-likeness (QED) is 0.821. The van der Waals surface area contributed by atoms with Crippen LogP contribution in [0.25, 0.3) is 0 Å². The van der Waals surface area contributed by atoms with E-state index in [1.807, 2.05) is 6.92 Å². The van der Waals surface area contributed by atoms with Crippen LogP contribution in [-0.2, 0) is 9.59 Å². The summed E-state index contributed by atoms with van der Waals surface area (Å²) in [6, 6.07) is -0.693. The van der Waals surface area contributed by atoms with Crippen molar-refractivity contribution in [3.63, 3.8) is 0 Å². The van der Waals surface area contributed by atoms with E-state index < -0.39 is 12.0 Å². The van der Waals surface area contributed by atoms with Crippen LogP contribution >= 0.6 is 0 Å². The summed E-state index contributed by atoms with van der Waals surface area (Å²) in [6.45, 7) is 3.77. The zero-order valence-corrected chi connectivity index (χ0v) is 11.0. The molecule has 0 bridgehead atoms. The van der Waals surface area contributed by atoms with Gasteiger partial charge >= 0.3 is 5.97 Å². The lowest BCUT2D eigenvalue weighted by Crippen LogP contribution is -2.49. The van der Waals surface area contributed by atoms with Crippen molar-refractivity contribution in [2.45, 2.75) is 58.4 Å². The first-order valence-electron chi connectivity index (χ1n) is 6.42. The summed E-state index contributed by atoms with van der Waals surface area (Å²) >= 11 is 0. The number of rotatable bonds is 4. The van der Waals surface area contributed by atoms with E-state index in [0.717, 1.165) is 25.7 Å². The van der Waals surface area contributed by atoms with Crippen LogP contribution in [0.5, 0.6) is 0 Å². The minimum Gasteiger partial charge on any atom is -0.480 e. The van der Waals surface area contributed by atoms with Gasteiger partial charge in [0.05, 0.1) is 0 Å². The van der Waals surface area contributed by atoms with Crippen LogP contribution in [0.4, 0.5) is 0 Å². The molecule has 1 rings (SSSR count). The van der Waals surface area contributed by atoms with Crippen LogP contribution in [0.1, 0.15) is 52.4 Å². The monoisotopic (exact) mass is 241 g/mol. The normalized spacial score (nSPS) is 20.6. The zero-order valence-electron chi connectivity index (χ0n) is 11.0. The Morgan fingerprint density at radius 3 is 2.24 bits per heavy atom. The molecule has 0 saturated heterocycles. The van der Waals surface area contributed by atoms with Gasteiger partial charge in [-0.2, -0.15) is 0 Å². The van der Waals surface area contributed by atoms with Gasteiger partial charge in [0, 0.05) is 12.5 Å². The molecule has 1 N–H and O–H groups in total. The highest BCUT2D eigenvalue weighted by atomic mass is 16.4. The highest BCUT2D eigenvalue weighted by Gasteiger charge is 2.39. The van der Waals surface area contributed by atoms with E-state index in [2.05, 4.69) is 0 Å². The maximum absolute atomic E-state index is 12.4. The van der Waals surface area contributed by atoms with E-state index >= 15 is 0 Å². The van der Waals surface area contributed by atoms with Crippen LogP contribution in [0, 0.1) is 5.41 Å². The third-order valence-electron chi connectivity index (χ3n) is 3.93. The number of aliphatic carboxylic acids is 1. The molecule has 1 saturated carbocycles. The lowest BCUT2D eigenvalue weighted by Gasteiger charge is -2.37. The number of likely N-dealkylation sites (N-methyl/N-ethyl adjacent to an activating group) is 1. The first-order valence-corrected chi connectivity index (χ1v) is 6.42. The van der Waals surface area contributed by atoms with Crippen LogP contribution in [-0.4, -0.2) is 35.0 Å². The molecular weight excluding hydrogens is 218 g/mol. The molecule has 1 fully saturated rings. The molecule has 0 aromatic rings. The fourth-order valence-corrected chi connectivity index (χ4v) is 2.73. The summed E-state index contributed by atoms with van der Waals surface area (Å²) in [4.78, 5) is 24.9. The Bertz CT molecular complexity index is 295. The molecule has 1 atom stereocenters. The number of hydrogen-bond donors (Lipinski definition) is 1. The standard InChI is InChI=1S/C13H23NO3/c1-4-10(11(15)16)14(3)12(17)13(2)8-6-5-7-9-13/h10H,4-9H2,1-3H3,(H,15,16). The summed E-state index contributed by atoms with van der Waals surface area (Å²) in [6.07, 6.45) is 5.54. The minimum absolute atomic E-state index is 0.00792. The smallest absolute Gasteiger partial charge is 0.326 e. The molecule has 4 nitrogen and oxygen atoms in total. The molecule has 4 heteroatoms. The third-order valence-corrected chi connectivity index (χ3v) is 3.93. The van der Waals surface area contributed by atoms with Crippen LogP contribution in [0.3, 0.4) is 0 Å². The number of amides is 1. The molecule has 0 spiro atoms. The number of carbonyl (C=O) groups excluding carboxylic acids is 1. The second kappa shape index (κ2) is 5.52. The zero-order chi connectivity index (χ0) is 13.1. The first kappa shape index (κ1) is 14.0. The van der Waals surface area contributed by atoms with Crippen LogP contribution < -0.4 is 0 Å². The third kappa shape index (κ3) is 2.99. The summed E-state index contributed by atoms with van der Waals surface area (Å²) in [7, 11) is 1.62. The predicted octanol–water partition coefficient (Wildman–Crippen LogP) is 2.28. The van der Waals surface area contributed by atoms with Gasteiger partial charge in [-0.05, 0) is 19.3 Å². The molecule has 98 valence electrons. The molecule has 0 aromatic carbocycles. The van der Waals surface area contributed by atoms with Crippen molar-refractivity contribution < 1.29 is 14.7 Å².